The van der Waals surface area contributed by atoms with Gasteiger partial charge < -0.3 is 19.7 Å². The number of aromatic amines is 1. The first-order valence-corrected chi connectivity index (χ1v) is 14.0. The number of carboxylic acids is 1. The zero-order valence-electron chi connectivity index (χ0n) is 18.0. The molecule has 9 nitrogen and oxygen atoms in total. The Morgan fingerprint density at radius 3 is 2.53 bits per heavy atom. The maximum absolute atomic E-state index is 12.7. The maximum atomic E-state index is 12.7. The molecule has 0 saturated carbocycles. The standard InChI is InChI=1S/C20H30N4O5Si/c1-13(25)23-7-5-14(6-8-23)18-16-17(15(20(27)28)11-21-19(16)26)22-24(18)12-29-9-10-30(2,3)4/h11,14H,5-10,12H2,1-4H3,(H,21,26)(H,27,28). The topological polar surface area (TPSA) is 118 Å². The molecule has 1 fully saturated rings. The first-order chi connectivity index (χ1) is 14.1. The van der Waals surface area contributed by atoms with Gasteiger partial charge >= 0.3 is 5.97 Å². The minimum absolute atomic E-state index is 0.00339. The molecule has 1 saturated heterocycles. The molecule has 1 aliphatic heterocycles. The van der Waals surface area contributed by atoms with Crippen molar-refractivity contribution in [1.29, 1.82) is 0 Å². The lowest BCUT2D eigenvalue weighted by Crippen LogP contribution is -2.37. The van der Waals surface area contributed by atoms with E-state index < -0.39 is 14.0 Å². The van der Waals surface area contributed by atoms with Crippen LogP contribution in [0.3, 0.4) is 0 Å². The predicted molar refractivity (Wildman–Crippen MR) is 116 cm³/mol. The van der Waals surface area contributed by atoms with Crippen LogP contribution in [0.4, 0.5) is 0 Å². The number of carboxylic acid groups (broad SMARTS) is 1. The summed E-state index contributed by atoms with van der Waals surface area (Å²) in [7, 11) is -1.25. The number of nitrogens with one attached hydrogen (secondary N) is 1. The van der Waals surface area contributed by atoms with Gasteiger partial charge in [0, 0.05) is 46.8 Å². The van der Waals surface area contributed by atoms with Crippen LogP contribution in [-0.2, 0) is 16.3 Å². The number of nitrogens with zero attached hydrogens (tertiary/aromatic N) is 3. The molecule has 30 heavy (non-hydrogen) atoms. The van der Waals surface area contributed by atoms with Crippen LogP contribution in [0.15, 0.2) is 11.0 Å². The van der Waals surface area contributed by atoms with Gasteiger partial charge in [-0.1, -0.05) is 19.6 Å². The highest BCUT2D eigenvalue weighted by molar-refractivity contribution is 6.76. The van der Waals surface area contributed by atoms with E-state index in [1.54, 1.807) is 16.5 Å². The first-order valence-electron chi connectivity index (χ1n) is 10.3. The molecule has 2 N–H and O–H groups in total. The van der Waals surface area contributed by atoms with Gasteiger partial charge in [0.05, 0.1) is 11.1 Å². The third-order valence-corrected chi connectivity index (χ3v) is 7.29. The Morgan fingerprint density at radius 1 is 1.30 bits per heavy atom. The Morgan fingerprint density at radius 2 is 1.97 bits per heavy atom. The summed E-state index contributed by atoms with van der Waals surface area (Å²) in [6, 6.07) is 1.00. The number of piperidine rings is 1. The van der Waals surface area contributed by atoms with Crippen molar-refractivity contribution >= 4 is 30.9 Å². The summed E-state index contributed by atoms with van der Waals surface area (Å²) in [4.78, 5) is 40.3. The van der Waals surface area contributed by atoms with Gasteiger partial charge in [-0.05, 0) is 18.9 Å². The van der Waals surface area contributed by atoms with Crippen LogP contribution in [0.2, 0.25) is 25.7 Å². The number of carbonyl (C=O) groups is 2. The Labute approximate surface area is 176 Å². The summed E-state index contributed by atoms with van der Waals surface area (Å²) in [5.41, 5.74) is 0.495. The van der Waals surface area contributed by atoms with E-state index in [-0.39, 0.29) is 35.2 Å². The van der Waals surface area contributed by atoms with Crippen LogP contribution in [0.1, 0.15) is 41.7 Å². The van der Waals surface area contributed by atoms with Crippen LogP contribution in [0.5, 0.6) is 0 Å². The van der Waals surface area contributed by atoms with Gasteiger partial charge in [-0.3, -0.25) is 9.59 Å². The average Bonchev–Trinajstić information content (AvgIpc) is 3.04. The van der Waals surface area contributed by atoms with Crippen molar-refractivity contribution in [3.63, 3.8) is 0 Å². The molecule has 0 atom stereocenters. The summed E-state index contributed by atoms with van der Waals surface area (Å²) in [5, 5.41) is 14.3. The molecule has 1 amide bonds. The number of hydrogen-bond acceptors (Lipinski definition) is 5. The number of hydrogen-bond donors (Lipinski definition) is 2. The van der Waals surface area contributed by atoms with E-state index in [1.165, 1.54) is 6.20 Å². The van der Waals surface area contributed by atoms with Gasteiger partial charge in [0.15, 0.2) is 0 Å². The van der Waals surface area contributed by atoms with Crippen molar-refractivity contribution in [2.75, 3.05) is 19.7 Å². The van der Waals surface area contributed by atoms with Gasteiger partial charge in [0.25, 0.3) is 5.56 Å². The molecule has 2 aromatic rings. The number of ether oxygens (including phenoxy) is 1. The molecule has 2 aromatic heterocycles. The molecule has 3 heterocycles. The van der Waals surface area contributed by atoms with Gasteiger partial charge in [-0.15, -0.1) is 0 Å². The molecule has 0 spiro atoms. The molecule has 1 aliphatic rings. The third-order valence-electron chi connectivity index (χ3n) is 5.59. The molecule has 0 radical (unpaired) electrons. The van der Waals surface area contributed by atoms with Crippen LogP contribution in [0, 0.1) is 0 Å². The molecule has 10 heteroatoms. The Hall–Kier alpha value is -2.46. The Kier molecular flexibility index (Phi) is 6.46. The van der Waals surface area contributed by atoms with Gasteiger partial charge in [0.2, 0.25) is 5.91 Å². The summed E-state index contributed by atoms with van der Waals surface area (Å²) in [6.07, 6.45) is 2.57. The Bertz CT molecular complexity index is 999. The number of aromatic nitrogens is 3. The zero-order chi connectivity index (χ0) is 22.1. The van der Waals surface area contributed by atoms with E-state index in [2.05, 4.69) is 29.7 Å². The van der Waals surface area contributed by atoms with Gasteiger partial charge in [0.1, 0.15) is 17.8 Å². The number of likely N-dealkylation sites (tertiary alicyclic amines) is 1. The van der Waals surface area contributed by atoms with E-state index in [4.69, 9.17) is 4.74 Å². The lowest BCUT2D eigenvalue weighted by molar-refractivity contribution is -0.129. The van der Waals surface area contributed by atoms with Gasteiger partial charge in [-0.2, -0.15) is 5.10 Å². The van der Waals surface area contributed by atoms with E-state index in [0.29, 0.717) is 43.6 Å². The Balaban J connectivity index is 1.97. The van der Waals surface area contributed by atoms with E-state index in [9.17, 15) is 19.5 Å². The maximum Gasteiger partial charge on any atom is 0.339 e. The lowest BCUT2D eigenvalue weighted by atomic mass is 9.91. The second-order valence-corrected chi connectivity index (χ2v) is 14.7. The van der Waals surface area contributed by atoms with Crippen molar-refractivity contribution in [3.05, 3.63) is 27.8 Å². The molecule has 3 rings (SSSR count). The van der Waals surface area contributed by atoms with Crippen LogP contribution in [-0.4, -0.2) is 64.4 Å². The zero-order valence-corrected chi connectivity index (χ0v) is 19.0. The van der Waals surface area contributed by atoms with Crippen LogP contribution >= 0.6 is 0 Å². The fraction of sp³-hybridized carbons (Fsp3) is 0.600. The van der Waals surface area contributed by atoms with Crippen LogP contribution < -0.4 is 5.56 Å². The number of pyridine rings is 1. The second-order valence-electron chi connectivity index (χ2n) is 9.07. The summed E-state index contributed by atoms with van der Waals surface area (Å²) in [5.74, 6) is -1.11. The number of aromatic carboxylic acids is 1. The smallest absolute Gasteiger partial charge is 0.339 e. The number of H-pyrrole nitrogens is 1. The second kappa shape index (κ2) is 8.72. The van der Waals surface area contributed by atoms with Crippen molar-refractivity contribution < 1.29 is 19.4 Å². The summed E-state index contributed by atoms with van der Waals surface area (Å²) < 4.78 is 7.51. The third kappa shape index (κ3) is 4.81. The van der Waals surface area contributed by atoms with E-state index in [1.807, 2.05) is 0 Å². The lowest BCUT2D eigenvalue weighted by Gasteiger charge is -2.31. The van der Waals surface area contributed by atoms with E-state index >= 15 is 0 Å². The number of rotatable bonds is 7. The molecule has 0 unspecified atom stereocenters. The number of carbonyl (C=O) groups excluding carboxylic acids is 1. The molecular weight excluding hydrogens is 404 g/mol. The highest BCUT2D eigenvalue weighted by atomic mass is 28.3. The SMILES string of the molecule is CC(=O)N1CCC(c2c3c(=O)[nH]cc(C(=O)O)c3nn2COCC[Si](C)(C)C)CC1. The minimum atomic E-state index is -1.25. The van der Waals surface area contributed by atoms with Crippen molar-refractivity contribution in [2.45, 2.75) is 58.1 Å². The predicted octanol–water partition coefficient (Wildman–Crippen LogP) is 2.46. The van der Waals surface area contributed by atoms with Crippen molar-refractivity contribution in [2.24, 2.45) is 0 Å². The molecular formula is C20H30N4O5Si. The normalized spacial score (nSPS) is 15.7. The quantitative estimate of drug-likeness (QED) is 0.511. The van der Waals surface area contributed by atoms with Crippen molar-refractivity contribution in [3.8, 4) is 0 Å². The highest BCUT2D eigenvalue weighted by Gasteiger charge is 2.29. The molecule has 0 bridgehead atoms. The minimum Gasteiger partial charge on any atom is -0.478 e. The average molecular weight is 435 g/mol. The monoisotopic (exact) mass is 434 g/mol. The molecule has 164 valence electrons. The summed E-state index contributed by atoms with van der Waals surface area (Å²) in [6.45, 7) is 10.3. The van der Waals surface area contributed by atoms with E-state index in [0.717, 1.165) is 6.04 Å². The van der Waals surface area contributed by atoms with Crippen LogP contribution in [0.25, 0.3) is 10.9 Å². The fourth-order valence-electron chi connectivity index (χ4n) is 3.84. The summed E-state index contributed by atoms with van der Waals surface area (Å²) >= 11 is 0. The highest BCUT2D eigenvalue weighted by Crippen LogP contribution is 2.33. The first kappa shape index (κ1) is 22.2. The molecule has 0 aliphatic carbocycles. The number of fused-ring (bicyclic) bond motifs is 1. The molecule has 0 aromatic carbocycles. The largest absolute Gasteiger partial charge is 0.478 e. The fourth-order valence-corrected chi connectivity index (χ4v) is 4.60. The van der Waals surface area contributed by atoms with Crippen molar-refractivity contribution in [1.82, 2.24) is 19.7 Å². The van der Waals surface area contributed by atoms with Gasteiger partial charge in [-0.25, -0.2) is 9.48 Å². The number of amides is 1.